The van der Waals surface area contributed by atoms with Crippen molar-refractivity contribution >= 4 is 36.5 Å². The lowest BCUT2D eigenvalue weighted by molar-refractivity contribution is -0.133. The summed E-state index contributed by atoms with van der Waals surface area (Å²) in [4.78, 5) is 20.9. The maximum atomic E-state index is 12.3. The molecule has 0 spiro atoms. The van der Waals surface area contributed by atoms with Gasteiger partial charge in [0.15, 0.2) is 0 Å². The van der Waals surface area contributed by atoms with Crippen molar-refractivity contribution in [2.45, 2.75) is 18.9 Å². The molecule has 5 nitrogen and oxygen atoms in total. The van der Waals surface area contributed by atoms with E-state index in [0.29, 0.717) is 0 Å². The van der Waals surface area contributed by atoms with Crippen molar-refractivity contribution in [2.24, 2.45) is 0 Å². The van der Waals surface area contributed by atoms with Gasteiger partial charge in [-0.05, 0) is 31.5 Å². The number of nitrogens with zero attached hydrogens (tertiary/aromatic N) is 3. The number of carbonyl (C=O) groups excluding carboxylic acids is 1. The average molecular weight is 333 g/mol. The Balaban J connectivity index is 0.00000110. The fourth-order valence-electron chi connectivity index (χ4n) is 2.81. The minimum atomic E-state index is 0. The van der Waals surface area contributed by atoms with Crippen LogP contribution in [0.5, 0.6) is 0 Å². The smallest absolute Gasteiger partial charge is 0.239 e. The third kappa shape index (κ3) is 4.22. The van der Waals surface area contributed by atoms with Crippen LogP contribution in [0.4, 0.5) is 5.82 Å². The minimum absolute atomic E-state index is 0. The van der Waals surface area contributed by atoms with Crippen molar-refractivity contribution in [3.05, 3.63) is 24.4 Å². The lowest BCUT2D eigenvalue weighted by atomic mass is 10.2. The molecular weight excluding hydrogens is 311 g/mol. The molecule has 2 aliphatic heterocycles. The Labute approximate surface area is 137 Å². The Morgan fingerprint density at radius 2 is 1.95 bits per heavy atom. The van der Waals surface area contributed by atoms with Gasteiger partial charge in [0.2, 0.25) is 5.91 Å². The van der Waals surface area contributed by atoms with Crippen LogP contribution in [0.15, 0.2) is 24.4 Å². The van der Waals surface area contributed by atoms with Gasteiger partial charge < -0.3 is 15.1 Å². The molecule has 0 radical (unpaired) electrons. The number of pyridine rings is 1. The van der Waals surface area contributed by atoms with Crippen molar-refractivity contribution in [3.63, 3.8) is 0 Å². The van der Waals surface area contributed by atoms with E-state index in [1.54, 1.807) is 0 Å². The molecule has 7 heteroatoms. The van der Waals surface area contributed by atoms with Crippen LogP contribution in [0.1, 0.15) is 12.8 Å². The first-order chi connectivity index (χ1) is 9.34. The van der Waals surface area contributed by atoms with Crippen LogP contribution in [0.3, 0.4) is 0 Å². The first-order valence-corrected chi connectivity index (χ1v) is 7.03. The van der Waals surface area contributed by atoms with Crippen LogP contribution in [0.25, 0.3) is 0 Å². The zero-order valence-electron chi connectivity index (χ0n) is 11.9. The fourth-order valence-corrected chi connectivity index (χ4v) is 2.81. The number of anilines is 1. The molecule has 1 aromatic rings. The molecule has 1 atom stereocenters. The number of rotatable bonds is 2. The Morgan fingerprint density at radius 3 is 2.52 bits per heavy atom. The van der Waals surface area contributed by atoms with Gasteiger partial charge in [0.25, 0.3) is 0 Å². The average Bonchev–Trinajstić information content (AvgIpc) is 3.02. The second kappa shape index (κ2) is 8.41. The Kier molecular flexibility index (Phi) is 7.22. The van der Waals surface area contributed by atoms with Crippen LogP contribution in [-0.2, 0) is 4.79 Å². The summed E-state index contributed by atoms with van der Waals surface area (Å²) in [5, 5.41) is 3.28. The molecule has 1 amide bonds. The number of carbonyl (C=O) groups is 1. The highest BCUT2D eigenvalue weighted by molar-refractivity contribution is 5.85. The number of hydrogen-bond acceptors (Lipinski definition) is 4. The number of aromatic nitrogens is 1. The molecular formula is C14H22Cl2N4O. The summed E-state index contributed by atoms with van der Waals surface area (Å²) in [7, 11) is 0. The number of hydrogen-bond donors (Lipinski definition) is 1. The Morgan fingerprint density at radius 1 is 1.19 bits per heavy atom. The summed E-state index contributed by atoms with van der Waals surface area (Å²) in [5.41, 5.74) is 0. The molecule has 2 aliphatic rings. The normalized spacial score (nSPS) is 21.4. The van der Waals surface area contributed by atoms with Gasteiger partial charge in [-0.15, -0.1) is 24.8 Å². The quantitative estimate of drug-likeness (QED) is 0.887. The number of halogens is 2. The molecule has 1 N–H and O–H groups in total. The van der Waals surface area contributed by atoms with Crippen molar-refractivity contribution in [1.29, 1.82) is 0 Å². The molecule has 3 rings (SSSR count). The fraction of sp³-hybridized carbons (Fsp3) is 0.571. The second-order valence-electron chi connectivity index (χ2n) is 5.15. The van der Waals surface area contributed by atoms with E-state index in [0.717, 1.165) is 51.4 Å². The van der Waals surface area contributed by atoms with E-state index < -0.39 is 0 Å². The third-order valence-electron chi connectivity index (χ3n) is 3.92. The van der Waals surface area contributed by atoms with E-state index in [4.69, 9.17) is 0 Å². The van der Waals surface area contributed by atoms with Gasteiger partial charge in [-0.25, -0.2) is 4.98 Å². The zero-order valence-corrected chi connectivity index (χ0v) is 13.5. The molecule has 21 heavy (non-hydrogen) atoms. The van der Waals surface area contributed by atoms with Crippen molar-refractivity contribution < 1.29 is 4.79 Å². The molecule has 1 aromatic heterocycles. The summed E-state index contributed by atoms with van der Waals surface area (Å²) in [6.45, 7) is 4.32. The number of nitrogens with one attached hydrogen (secondary N) is 1. The van der Waals surface area contributed by atoms with E-state index in [2.05, 4.69) is 15.2 Å². The Bertz CT molecular complexity index is 432. The molecule has 3 heterocycles. The van der Waals surface area contributed by atoms with Crippen LogP contribution < -0.4 is 10.2 Å². The Hall–Kier alpha value is -1.04. The molecule has 0 bridgehead atoms. The molecule has 0 aromatic carbocycles. The molecule has 1 unspecified atom stereocenters. The number of amides is 1. The summed E-state index contributed by atoms with van der Waals surface area (Å²) in [5.74, 6) is 1.28. The monoisotopic (exact) mass is 332 g/mol. The van der Waals surface area contributed by atoms with Gasteiger partial charge in [-0.1, -0.05) is 6.07 Å². The van der Waals surface area contributed by atoms with Gasteiger partial charge in [-0.2, -0.15) is 0 Å². The van der Waals surface area contributed by atoms with Crippen molar-refractivity contribution in [2.75, 3.05) is 37.6 Å². The van der Waals surface area contributed by atoms with E-state index in [1.807, 2.05) is 29.3 Å². The lowest BCUT2D eigenvalue weighted by Gasteiger charge is -2.36. The summed E-state index contributed by atoms with van der Waals surface area (Å²) in [6.07, 6.45) is 3.92. The summed E-state index contributed by atoms with van der Waals surface area (Å²) >= 11 is 0. The largest absolute Gasteiger partial charge is 0.353 e. The molecule has 2 fully saturated rings. The SMILES string of the molecule is Cl.Cl.O=C(C1CCCN1)N1CCN(c2ccccn2)CC1. The van der Waals surface area contributed by atoms with Crippen LogP contribution >= 0.6 is 24.8 Å². The standard InChI is InChI=1S/C14H20N4O.2ClH/c19-14(12-4-3-7-15-12)18-10-8-17(9-11-18)13-5-1-2-6-16-13;;/h1-2,5-6,12,15H,3-4,7-11H2;2*1H. The van der Waals surface area contributed by atoms with E-state index in [1.165, 1.54) is 0 Å². The topological polar surface area (TPSA) is 48.5 Å². The van der Waals surface area contributed by atoms with Gasteiger partial charge >= 0.3 is 0 Å². The van der Waals surface area contributed by atoms with Gasteiger partial charge in [0, 0.05) is 32.4 Å². The maximum Gasteiger partial charge on any atom is 0.239 e. The predicted octanol–water partition coefficient (Wildman–Crippen LogP) is 1.33. The third-order valence-corrected chi connectivity index (χ3v) is 3.92. The minimum Gasteiger partial charge on any atom is -0.353 e. The first kappa shape index (κ1) is 18.0. The van der Waals surface area contributed by atoms with E-state index >= 15 is 0 Å². The van der Waals surface area contributed by atoms with Crippen LogP contribution in [-0.4, -0.2) is 54.6 Å². The number of piperazine rings is 1. The van der Waals surface area contributed by atoms with Gasteiger partial charge in [0.05, 0.1) is 6.04 Å². The highest BCUT2D eigenvalue weighted by atomic mass is 35.5. The lowest BCUT2D eigenvalue weighted by Crippen LogP contribution is -2.53. The second-order valence-corrected chi connectivity index (χ2v) is 5.15. The van der Waals surface area contributed by atoms with Crippen LogP contribution in [0.2, 0.25) is 0 Å². The molecule has 2 saturated heterocycles. The first-order valence-electron chi connectivity index (χ1n) is 7.03. The highest BCUT2D eigenvalue weighted by Gasteiger charge is 2.29. The van der Waals surface area contributed by atoms with E-state index in [9.17, 15) is 4.79 Å². The maximum absolute atomic E-state index is 12.3. The van der Waals surface area contributed by atoms with Gasteiger partial charge in [-0.3, -0.25) is 4.79 Å². The zero-order chi connectivity index (χ0) is 13.1. The molecule has 0 saturated carbocycles. The highest BCUT2D eigenvalue weighted by Crippen LogP contribution is 2.15. The van der Waals surface area contributed by atoms with Crippen LogP contribution in [0, 0.1) is 0 Å². The predicted molar refractivity (Wildman–Crippen MR) is 88.6 cm³/mol. The van der Waals surface area contributed by atoms with Gasteiger partial charge in [0.1, 0.15) is 5.82 Å². The molecule has 0 aliphatic carbocycles. The van der Waals surface area contributed by atoms with E-state index in [-0.39, 0.29) is 36.8 Å². The van der Waals surface area contributed by atoms with Crippen molar-refractivity contribution in [3.8, 4) is 0 Å². The summed E-state index contributed by atoms with van der Waals surface area (Å²) < 4.78 is 0. The summed E-state index contributed by atoms with van der Waals surface area (Å²) in [6, 6.07) is 6.01. The van der Waals surface area contributed by atoms with Crippen molar-refractivity contribution in [1.82, 2.24) is 15.2 Å². The molecule has 118 valence electrons.